The summed E-state index contributed by atoms with van der Waals surface area (Å²) < 4.78 is 0. The molecule has 0 aliphatic heterocycles. The number of halogens is 1. The summed E-state index contributed by atoms with van der Waals surface area (Å²) in [5, 5.41) is 0. The van der Waals surface area contributed by atoms with E-state index in [1.54, 1.807) is 0 Å². The van der Waals surface area contributed by atoms with Gasteiger partial charge in [0.2, 0.25) is 0 Å². The zero-order chi connectivity index (χ0) is 9.84. The summed E-state index contributed by atoms with van der Waals surface area (Å²) in [6.45, 7) is 1.97. The van der Waals surface area contributed by atoms with Gasteiger partial charge < -0.3 is 0 Å². The highest BCUT2D eigenvalue weighted by Gasteiger charge is 2.07. The van der Waals surface area contributed by atoms with Crippen LogP contribution in [0.3, 0.4) is 0 Å². The van der Waals surface area contributed by atoms with Gasteiger partial charge >= 0.3 is 0 Å². The highest BCUT2D eigenvalue weighted by Crippen LogP contribution is 2.18. The summed E-state index contributed by atoms with van der Waals surface area (Å²) in [5.74, 6) is 0.105. The molecule has 0 radical (unpaired) electrons. The van der Waals surface area contributed by atoms with E-state index in [-0.39, 0.29) is 11.7 Å². The van der Waals surface area contributed by atoms with E-state index in [1.807, 2.05) is 25.1 Å². The lowest BCUT2D eigenvalue weighted by Gasteiger charge is -2.06. The van der Waals surface area contributed by atoms with Crippen LogP contribution in [0.25, 0.3) is 0 Å². The Labute approximate surface area is 88.5 Å². The van der Waals surface area contributed by atoms with E-state index < -0.39 is 0 Å². The fraction of sp³-hybridized carbons (Fsp3) is 0.300. The van der Waals surface area contributed by atoms with E-state index in [4.69, 9.17) is 11.6 Å². The van der Waals surface area contributed by atoms with Gasteiger partial charge in [-0.2, -0.15) is 0 Å². The predicted octanol–water partition coefficient (Wildman–Crippen LogP) is 2.63. The van der Waals surface area contributed by atoms with Crippen LogP contribution in [0.5, 0.6) is 0 Å². The van der Waals surface area contributed by atoms with Crippen LogP contribution in [-0.2, 0) is 11.2 Å². The highest BCUT2D eigenvalue weighted by atomic mass is 35.5. The van der Waals surface area contributed by atoms with E-state index in [1.165, 1.54) is 0 Å². The Bertz CT molecular complexity index is 302. The second-order valence-corrected chi connectivity index (χ2v) is 3.67. The van der Waals surface area contributed by atoms with E-state index in [2.05, 4.69) is 12.6 Å². The molecule has 0 spiro atoms. The molecule has 70 valence electrons. The van der Waals surface area contributed by atoms with Gasteiger partial charge in [-0.1, -0.05) is 12.1 Å². The van der Waals surface area contributed by atoms with Gasteiger partial charge in [0.05, 0.1) is 5.88 Å². The minimum atomic E-state index is 0.0336. The number of benzene rings is 1. The van der Waals surface area contributed by atoms with Crippen molar-refractivity contribution in [3.05, 3.63) is 29.3 Å². The van der Waals surface area contributed by atoms with Crippen molar-refractivity contribution < 1.29 is 4.79 Å². The normalized spacial score (nSPS) is 10.1. The molecule has 0 bridgehead atoms. The van der Waals surface area contributed by atoms with Gasteiger partial charge in [0.25, 0.3) is 0 Å². The number of thiol groups is 1. The first-order chi connectivity index (χ1) is 6.15. The van der Waals surface area contributed by atoms with Gasteiger partial charge in [0, 0.05) is 11.3 Å². The average molecular weight is 215 g/mol. The molecule has 1 rings (SSSR count). The average Bonchev–Trinajstić information content (AvgIpc) is 2.11. The Kier molecular flexibility index (Phi) is 3.82. The van der Waals surface area contributed by atoms with Crippen LogP contribution in [0.15, 0.2) is 23.1 Å². The summed E-state index contributed by atoms with van der Waals surface area (Å²) in [6, 6.07) is 5.77. The van der Waals surface area contributed by atoms with Crippen molar-refractivity contribution >= 4 is 30.0 Å². The third-order valence-corrected chi connectivity index (χ3v) is 2.63. The van der Waals surface area contributed by atoms with Crippen LogP contribution >= 0.6 is 24.2 Å². The van der Waals surface area contributed by atoms with Gasteiger partial charge in [0.1, 0.15) is 0 Å². The maximum Gasteiger partial charge on any atom is 0.152 e. The van der Waals surface area contributed by atoms with E-state index in [0.29, 0.717) is 6.42 Å². The quantitative estimate of drug-likeness (QED) is 0.605. The van der Waals surface area contributed by atoms with Crippen LogP contribution in [-0.4, -0.2) is 11.7 Å². The minimum absolute atomic E-state index is 0.0336. The number of hydrogen-bond donors (Lipinski definition) is 1. The molecule has 0 unspecified atom stereocenters. The molecule has 0 aliphatic carbocycles. The molecule has 0 fully saturated rings. The summed E-state index contributed by atoms with van der Waals surface area (Å²) in [6.07, 6.45) is 0.384. The molecule has 1 aromatic rings. The Morgan fingerprint density at radius 1 is 1.54 bits per heavy atom. The van der Waals surface area contributed by atoms with Crippen LogP contribution in [0, 0.1) is 6.92 Å². The molecular formula is C10H11ClOS. The lowest BCUT2D eigenvalue weighted by Crippen LogP contribution is -2.05. The molecule has 0 saturated carbocycles. The van der Waals surface area contributed by atoms with Crippen molar-refractivity contribution in [2.24, 2.45) is 0 Å². The topological polar surface area (TPSA) is 17.1 Å². The zero-order valence-corrected chi connectivity index (χ0v) is 9.03. The predicted molar refractivity (Wildman–Crippen MR) is 57.9 cm³/mol. The fourth-order valence-electron chi connectivity index (χ4n) is 1.16. The van der Waals surface area contributed by atoms with E-state index in [9.17, 15) is 4.79 Å². The standard InChI is InChI=1S/C10H11ClOS/c1-7-3-2-4-10(13)9(7)5-8(12)6-11/h2-4,13H,5-6H2,1H3. The lowest BCUT2D eigenvalue weighted by molar-refractivity contribution is -0.116. The summed E-state index contributed by atoms with van der Waals surface area (Å²) >= 11 is 9.72. The zero-order valence-electron chi connectivity index (χ0n) is 7.38. The smallest absolute Gasteiger partial charge is 0.152 e. The van der Waals surface area contributed by atoms with Crippen molar-refractivity contribution in [1.29, 1.82) is 0 Å². The van der Waals surface area contributed by atoms with Gasteiger partial charge in [-0.05, 0) is 24.1 Å². The maximum absolute atomic E-state index is 11.1. The number of aryl methyl sites for hydroxylation is 1. The van der Waals surface area contributed by atoms with Gasteiger partial charge in [-0.25, -0.2) is 0 Å². The van der Waals surface area contributed by atoms with Gasteiger partial charge in [-0.15, -0.1) is 24.2 Å². The largest absolute Gasteiger partial charge is 0.298 e. The fourth-order valence-corrected chi connectivity index (χ4v) is 1.60. The molecule has 0 amide bonds. The van der Waals surface area contributed by atoms with Crippen LogP contribution in [0.2, 0.25) is 0 Å². The summed E-state index contributed by atoms with van der Waals surface area (Å²) in [5.41, 5.74) is 2.07. The van der Waals surface area contributed by atoms with Crippen LogP contribution < -0.4 is 0 Å². The lowest BCUT2D eigenvalue weighted by atomic mass is 10.0. The molecule has 3 heteroatoms. The Morgan fingerprint density at radius 2 is 2.23 bits per heavy atom. The number of carbonyl (C=O) groups is 1. The molecule has 1 nitrogen and oxygen atoms in total. The number of carbonyl (C=O) groups excluding carboxylic acids is 1. The van der Waals surface area contributed by atoms with Crippen molar-refractivity contribution in [2.75, 3.05) is 5.88 Å². The first kappa shape index (κ1) is 10.6. The Balaban J connectivity index is 2.93. The van der Waals surface area contributed by atoms with E-state index in [0.717, 1.165) is 16.0 Å². The SMILES string of the molecule is Cc1cccc(S)c1CC(=O)CCl. The number of hydrogen-bond acceptors (Lipinski definition) is 2. The monoisotopic (exact) mass is 214 g/mol. The van der Waals surface area contributed by atoms with Crippen molar-refractivity contribution in [2.45, 2.75) is 18.2 Å². The molecular weight excluding hydrogens is 204 g/mol. The number of ketones is 1. The number of alkyl halides is 1. The maximum atomic E-state index is 11.1. The van der Waals surface area contributed by atoms with Gasteiger partial charge in [0.15, 0.2) is 5.78 Å². The van der Waals surface area contributed by atoms with Crippen LogP contribution in [0.4, 0.5) is 0 Å². The number of Topliss-reactive ketones (excluding diaryl/α,β-unsaturated/α-hetero) is 1. The Hall–Kier alpha value is -0.470. The van der Waals surface area contributed by atoms with Crippen molar-refractivity contribution in [1.82, 2.24) is 0 Å². The molecule has 0 atom stereocenters. The van der Waals surface area contributed by atoms with Crippen molar-refractivity contribution in [3.63, 3.8) is 0 Å². The van der Waals surface area contributed by atoms with Gasteiger partial charge in [-0.3, -0.25) is 4.79 Å². The minimum Gasteiger partial charge on any atom is -0.298 e. The third kappa shape index (κ3) is 2.75. The molecule has 0 N–H and O–H groups in total. The second kappa shape index (κ2) is 4.68. The first-order valence-electron chi connectivity index (χ1n) is 4.00. The summed E-state index contributed by atoms with van der Waals surface area (Å²) in [7, 11) is 0. The molecule has 0 heterocycles. The third-order valence-electron chi connectivity index (χ3n) is 1.91. The van der Waals surface area contributed by atoms with Crippen LogP contribution in [0.1, 0.15) is 11.1 Å². The highest BCUT2D eigenvalue weighted by molar-refractivity contribution is 7.80. The molecule has 1 aromatic carbocycles. The molecule has 0 aliphatic rings. The van der Waals surface area contributed by atoms with E-state index >= 15 is 0 Å². The summed E-state index contributed by atoms with van der Waals surface area (Å²) in [4.78, 5) is 12.0. The number of rotatable bonds is 3. The Morgan fingerprint density at radius 3 is 2.77 bits per heavy atom. The van der Waals surface area contributed by atoms with Crippen molar-refractivity contribution in [3.8, 4) is 0 Å². The first-order valence-corrected chi connectivity index (χ1v) is 4.98. The second-order valence-electron chi connectivity index (χ2n) is 2.92. The molecule has 13 heavy (non-hydrogen) atoms. The molecule has 0 aromatic heterocycles. The molecule has 0 saturated heterocycles.